The van der Waals surface area contributed by atoms with Gasteiger partial charge in [-0.1, -0.05) is 54.8 Å². The number of hydrogen-bond donors (Lipinski definition) is 3. The first-order chi connectivity index (χ1) is 18.9. The SMILES string of the molecule is COc1ccccc1C(=O)Nc1ccc(O)c(-c2cc(C3CCCC3)n(C(=O)NCc3ccc(C)cc3)n2)c1. The quantitative estimate of drug-likeness (QED) is 0.248. The van der Waals surface area contributed by atoms with Gasteiger partial charge >= 0.3 is 6.03 Å². The molecule has 0 unspecified atom stereocenters. The molecule has 0 bridgehead atoms. The topological polar surface area (TPSA) is 105 Å². The molecule has 1 aliphatic carbocycles. The first kappa shape index (κ1) is 26.0. The molecule has 0 spiro atoms. The van der Waals surface area contributed by atoms with Gasteiger partial charge in [-0.25, -0.2) is 4.79 Å². The van der Waals surface area contributed by atoms with E-state index in [1.54, 1.807) is 36.4 Å². The summed E-state index contributed by atoms with van der Waals surface area (Å²) in [6.07, 6.45) is 4.17. The molecule has 8 heteroatoms. The van der Waals surface area contributed by atoms with Crippen LogP contribution in [0.25, 0.3) is 11.3 Å². The Hall–Kier alpha value is -4.59. The number of carbonyl (C=O) groups excluding carboxylic acids is 2. The van der Waals surface area contributed by atoms with E-state index in [-0.39, 0.29) is 23.6 Å². The number of rotatable bonds is 7. The average molecular weight is 525 g/mol. The van der Waals surface area contributed by atoms with E-state index >= 15 is 0 Å². The van der Waals surface area contributed by atoms with E-state index in [2.05, 4.69) is 15.7 Å². The summed E-state index contributed by atoms with van der Waals surface area (Å²) >= 11 is 0. The van der Waals surface area contributed by atoms with Crippen molar-refractivity contribution >= 4 is 17.6 Å². The van der Waals surface area contributed by atoms with Gasteiger partial charge in [-0.2, -0.15) is 9.78 Å². The van der Waals surface area contributed by atoms with Gasteiger partial charge in [0.15, 0.2) is 0 Å². The van der Waals surface area contributed by atoms with Gasteiger partial charge in [0.1, 0.15) is 11.5 Å². The van der Waals surface area contributed by atoms with Gasteiger partial charge in [0, 0.05) is 23.7 Å². The molecule has 1 heterocycles. The smallest absolute Gasteiger partial charge is 0.342 e. The molecule has 3 aromatic carbocycles. The monoisotopic (exact) mass is 524 g/mol. The second kappa shape index (κ2) is 11.4. The van der Waals surface area contributed by atoms with Crippen molar-refractivity contribution in [3.8, 4) is 22.8 Å². The number of phenols is 1. The second-order valence-electron chi connectivity index (χ2n) is 9.88. The highest BCUT2D eigenvalue weighted by molar-refractivity contribution is 6.06. The predicted molar refractivity (Wildman–Crippen MR) is 150 cm³/mol. The van der Waals surface area contributed by atoms with Crippen molar-refractivity contribution < 1.29 is 19.4 Å². The molecule has 8 nitrogen and oxygen atoms in total. The van der Waals surface area contributed by atoms with Crippen molar-refractivity contribution in [3.05, 3.63) is 95.2 Å². The molecule has 0 radical (unpaired) electrons. The number of aromatic nitrogens is 2. The highest BCUT2D eigenvalue weighted by Crippen LogP contribution is 2.38. The lowest BCUT2D eigenvalue weighted by Gasteiger charge is -2.12. The number of phenolic OH excluding ortho intramolecular Hbond substituents is 1. The number of ether oxygens (including phenoxy) is 1. The van der Waals surface area contributed by atoms with Crippen LogP contribution in [-0.4, -0.2) is 33.9 Å². The zero-order valence-electron chi connectivity index (χ0n) is 22.1. The van der Waals surface area contributed by atoms with Crippen LogP contribution in [0.2, 0.25) is 0 Å². The number of nitrogens with one attached hydrogen (secondary N) is 2. The number of nitrogens with zero attached hydrogens (tertiary/aromatic N) is 2. The van der Waals surface area contributed by atoms with Crippen LogP contribution >= 0.6 is 0 Å². The summed E-state index contributed by atoms with van der Waals surface area (Å²) in [5.41, 5.74) is 4.76. The van der Waals surface area contributed by atoms with Crippen LogP contribution in [-0.2, 0) is 6.54 Å². The van der Waals surface area contributed by atoms with E-state index in [0.717, 1.165) is 42.5 Å². The maximum atomic E-state index is 13.3. The lowest BCUT2D eigenvalue weighted by Crippen LogP contribution is -2.30. The van der Waals surface area contributed by atoms with Crippen molar-refractivity contribution in [3.63, 3.8) is 0 Å². The first-order valence-corrected chi connectivity index (χ1v) is 13.1. The molecule has 0 aliphatic heterocycles. The molecule has 1 aromatic heterocycles. The predicted octanol–water partition coefficient (Wildman–Crippen LogP) is 6.24. The number of para-hydroxylation sites is 1. The maximum absolute atomic E-state index is 13.3. The zero-order chi connectivity index (χ0) is 27.4. The van der Waals surface area contributed by atoms with Crippen molar-refractivity contribution in [2.75, 3.05) is 12.4 Å². The Labute approximate surface area is 227 Å². The van der Waals surface area contributed by atoms with E-state index in [1.807, 2.05) is 37.3 Å². The van der Waals surface area contributed by atoms with Crippen LogP contribution in [0.3, 0.4) is 0 Å². The molecule has 0 saturated heterocycles. The molecule has 0 atom stereocenters. The van der Waals surface area contributed by atoms with Crippen LogP contribution in [0, 0.1) is 6.92 Å². The summed E-state index contributed by atoms with van der Waals surface area (Å²) in [6.45, 7) is 2.41. The number of benzene rings is 3. The summed E-state index contributed by atoms with van der Waals surface area (Å²) in [7, 11) is 1.51. The van der Waals surface area contributed by atoms with E-state index in [0.29, 0.717) is 34.8 Å². The highest BCUT2D eigenvalue weighted by atomic mass is 16.5. The van der Waals surface area contributed by atoms with Gasteiger partial charge in [0.05, 0.1) is 24.1 Å². The first-order valence-electron chi connectivity index (χ1n) is 13.1. The molecule has 39 heavy (non-hydrogen) atoms. The molecular weight excluding hydrogens is 492 g/mol. The van der Waals surface area contributed by atoms with Crippen LogP contribution in [0.4, 0.5) is 10.5 Å². The van der Waals surface area contributed by atoms with E-state index in [1.165, 1.54) is 17.9 Å². The number of amides is 2. The lowest BCUT2D eigenvalue weighted by molar-refractivity contribution is 0.102. The van der Waals surface area contributed by atoms with Gasteiger partial charge in [0.25, 0.3) is 5.91 Å². The average Bonchev–Trinajstić information content (AvgIpc) is 3.64. The van der Waals surface area contributed by atoms with Crippen LogP contribution < -0.4 is 15.4 Å². The molecule has 1 fully saturated rings. The van der Waals surface area contributed by atoms with Crippen LogP contribution in [0.1, 0.15) is 58.8 Å². The van der Waals surface area contributed by atoms with Gasteiger partial charge < -0.3 is 20.5 Å². The lowest BCUT2D eigenvalue weighted by atomic mass is 10.0. The number of aryl methyl sites for hydroxylation is 1. The Kier molecular flexibility index (Phi) is 7.63. The third kappa shape index (κ3) is 5.80. The molecule has 1 aliphatic rings. The van der Waals surface area contributed by atoms with Gasteiger partial charge in [-0.3, -0.25) is 4.79 Å². The fourth-order valence-electron chi connectivity index (χ4n) is 5.01. The third-order valence-electron chi connectivity index (χ3n) is 7.15. The molecule has 5 rings (SSSR count). The minimum Gasteiger partial charge on any atom is -0.507 e. The maximum Gasteiger partial charge on any atom is 0.342 e. The zero-order valence-corrected chi connectivity index (χ0v) is 22.1. The molecule has 1 saturated carbocycles. The minimum absolute atomic E-state index is 0.00739. The van der Waals surface area contributed by atoms with Crippen molar-refractivity contribution in [1.29, 1.82) is 0 Å². The number of methoxy groups -OCH3 is 1. The molecular formula is C31H32N4O4. The van der Waals surface area contributed by atoms with Crippen molar-refractivity contribution in [2.45, 2.75) is 45.1 Å². The molecule has 200 valence electrons. The van der Waals surface area contributed by atoms with Crippen LogP contribution in [0.15, 0.2) is 72.8 Å². The van der Waals surface area contributed by atoms with Gasteiger partial charge in [0.2, 0.25) is 0 Å². The Morgan fingerprint density at radius 1 is 1.03 bits per heavy atom. The molecule has 3 N–H and O–H groups in total. The Bertz CT molecular complexity index is 1490. The summed E-state index contributed by atoms with van der Waals surface area (Å²) < 4.78 is 6.73. The van der Waals surface area contributed by atoms with Crippen LogP contribution in [0.5, 0.6) is 11.5 Å². The standard InChI is InChI=1S/C31H32N4O4/c1-20-11-13-21(14-12-20)19-32-31(38)35-27(22-7-3-4-8-22)18-26(34-35)25-17-23(15-16-28(25)36)33-30(37)24-9-5-6-10-29(24)39-2/h5-6,9-18,22,36H,3-4,7-8,19H2,1-2H3,(H,32,38)(H,33,37). The summed E-state index contributed by atoms with van der Waals surface area (Å²) in [5, 5.41) is 21.2. The molecule has 2 amide bonds. The fraction of sp³-hybridized carbons (Fsp3) is 0.258. The fourth-order valence-corrected chi connectivity index (χ4v) is 5.01. The summed E-state index contributed by atoms with van der Waals surface area (Å²) in [5.74, 6) is 0.349. The van der Waals surface area contributed by atoms with Gasteiger partial charge in [-0.05, 0) is 61.7 Å². The molecule has 4 aromatic rings. The normalized spacial score (nSPS) is 13.3. The minimum atomic E-state index is -0.336. The Balaban J connectivity index is 1.42. The highest BCUT2D eigenvalue weighted by Gasteiger charge is 2.26. The number of anilines is 1. The van der Waals surface area contributed by atoms with E-state index in [9.17, 15) is 14.7 Å². The number of carbonyl (C=O) groups is 2. The Morgan fingerprint density at radius 2 is 1.77 bits per heavy atom. The second-order valence-corrected chi connectivity index (χ2v) is 9.88. The number of aromatic hydroxyl groups is 1. The summed E-state index contributed by atoms with van der Waals surface area (Å²) in [4.78, 5) is 26.2. The van der Waals surface area contributed by atoms with Gasteiger partial charge in [-0.15, -0.1) is 0 Å². The summed E-state index contributed by atoms with van der Waals surface area (Å²) in [6, 6.07) is 21.3. The van der Waals surface area contributed by atoms with Crippen molar-refractivity contribution in [2.24, 2.45) is 0 Å². The van der Waals surface area contributed by atoms with E-state index in [4.69, 9.17) is 4.74 Å². The largest absolute Gasteiger partial charge is 0.507 e. The third-order valence-corrected chi connectivity index (χ3v) is 7.15. The van der Waals surface area contributed by atoms with E-state index < -0.39 is 0 Å². The Morgan fingerprint density at radius 3 is 2.51 bits per heavy atom. The van der Waals surface area contributed by atoms with Crippen molar-refractivity contribution in [1.82, 2.24) is 15.1 Å². The number of hydrogen-bond acceptors (Lipinski definition) is 5.